The summed E-state index contributed by atoms with van der Waals surface area (Å²) in [7, 11) is 0. The summed E-state index contributed by atoms with van der Waals surface area (Å²) in [6, 6.07) is 1.35. The van der Waals surface area contributed by atoms with Crippen LogP contribution in [0.3, 0.4) is 0 Å². The second-order valence-corrected chi connectivity index (χ2v) is 6.24. The number of carbonyl (C=O) groups is 2. The minimum Gasteiger partial charge on any atom is -0.468 e. The molecule has 1 unspecified atom stereocenters. The summed E-state index contributed by atoms with van der Waals surface area (Å²) in [5.74, 6) is -1.16. The number of aromatic nitrogens is 1. The number of hydrogen-bond acceptors (Lipinski definition) is 6. The highest BCUT2D eigenvalue weighted by molar-refractivity contribution is 6.06. The van der Waals surface area contributed by atoms with E-state index < -0.39 is 30.3 Å². The van der Waals surface area contributed by atoms with E-state index in [1.165, 1.54) is 31.6 Å². The Morgan fingerprint density at radius 2 is 2.04 bits per heavy atom. The largest absolute Gasteiger partial charge is 0.468 e. The average Bonchev–Trinajstić information content (AvgIpc) is 2.57. The molecule has 0 saturated carbocycles. The highest BCUT2D eigenvalue weighted by Crippen LogP contribution is 2.19. The Bertz CT molecular complexity index is 819. The van der Waals surface area contributed by atoms with E-state index in [2.05, 4.69) is 30.7 Å². The van der Waals surface area contributed by atoms with Crippen LogP contribution in [0.25, 0.3) is 0 Å². The smallest absolute Gasteiger partial charge is 0.422 e. The van der Waals surface area contributed by atoms with Gasteiger partial charge in [0.1, 0.15) is 0 Å². The minimum atomic E-state index is -4.46. The van der Waals surface area contributed by atoms with Crippen molar-refractivity contribution in [2.75, 3.05) is 6.61 Å². The molecule has 8 nitrogen and oxygen atoms in total. The zero-order valence-electron chi connectivity index (χ0n) is 15.5. The molecule has 28 heavy (non-hydrogen) atoms. The molecule has 1 aromatic rings. The average molecular weight is 399 g/mol. The number of allylic oxidation sites excluding steroid dienone is 1. The fourth-order valence-corrected chi connectivity index (χ4v) is 2.44. The van der Waals surface area contributed by atoms with Gasteiger partial charge >= 0.3 is 6.18 Å². The second kappa shape index (κ2) is 8.28. The number of pyridine rings is 1. The molecule has 2 heterocycles. The van der Waals surface area contributed by atoms with Crippen LogP contribution >= 0.6 is 0 Å². The molecule has 2 amide bonds. The number of nitrogens with one attached hydrogen (secondary N) is 3. The van der Waals surface area contributed by atoms with Crippen LogP contribution in [-0.2, 0) is 16.1 Å². The Balaban J connectivity index is 2.05. The van der Waals surface area contributed by atoms with Gasteiger partial charge in [-0.25, -0.2) is 4.98 Å². The molecule has 1 aromatic heterocycles. The maximum atomic E-state index is 12.7. The van der Waals surface area contributed by atoms with Crippen molar-refractivity contribution in [3.8, 4) is 5.88 Å². The van der Waals surface area contributed by atoms with E-state index >= 15 is 0 Å². The van der Waals surface area contributed by atoms with Crippen LogP contribution in [0.4, 0.5) is 13.2 Å². The number of aryl methyl sites for hydroxylation is 1. The van der Waals surface area contributed by atoms with Crippen LogP contribution in [0.5, 0.6) is 5.88 Å². The van der Waals surface area contributed by atoms with E-state index in [-0.39, 0.29) is 12.4 Å². The lowest BCUT2D eigenvalue weighted by molar-refractivity contribution is -0.154. The molecule has 0 spiro atoms. The van der Waals surface area contributed by atoms with Gasteiger partial charge < -0.3 is 20.7 Å². The lowest BCUT2D eigenvalue weighted by Crippen LogP contribution is -2.68. The number of ether oxygens (including phenoxy) is 1. The topological polar surface area (TPSA) is 105 Å². The van der Waals surface area contributed by atoms with Gasteiger partial charge in [-0.3, -0.25) is 14.6 Å². The Hall–Kier alpha value is -3.11. The third-order valence-electron chi connectivity index (χ3n) is 3.68. The first-order valence-electron chi connectivity index (χ1n) is 8.22. The minimum absolute atomic E-state index is 0.0385. The molecule has 0 aliphatic carbocycles. The quantitative estimate of drug-likeness (QED) is 0.669. The summed E-state index contributed by atoms with van der Waals surface area (Å²) >= 11 is 0. The molecule has 152 valence electrons. The van der Waals surface area contributed by atoms with Gasteiger partial charge in [0.2, 0.25) is 17.5 Å². The number of aliphatic imine (C=N–C) groups is 1. The van der Waals surface area contributed by atoms with Crippen LogP contribution in [0.2, 0.25) is 0 Å². The lowest BCUT2D eigenvalue weighted by Gasteiger charge is -2.33. The van der Waals surface area contributed by atoms with Crippen molar-refractivity contribution >= 4 is 18.0 Å². The molecule has 11 heteroatoms. The van der Waals surface area contributed by atoms with Crippen LogP contribution in [0.15, 0.2) is 29.2 Å². The van der Waals surface area contributed by atoms with E-state index in [1.807, 2.05) is 0 Å². The van der Waals surface area contributed by atoms with E-state index in [0.29, 0.717) is 16.8 Å². The number of nitrogens with zero attached hydrogens (tertiary/aromatic N) is 2. The van der Waals surface area contributed by atoms with Crippen molar-refractivity contribution in [3.05, 3.63) is 35.3 Å². The molecule has 2 rings (SSSR count). The Labute approximate surface area is 159 Å². The lowest BCUT2D eigenvalue weighted by atomic mass is 10.1. The van der Waals surface area contributed by atoms with Crippen molar-refractivity contribution in [2.24, 2.45) is 4.99 Å². The van der Waals surface area contributed by atoms with Gasteiger partial charge in [0.25, 0.3) is 5.91 Å². The second-order valence-electron chi connectivity index (χ2n) is 6.24. The van der Waals surface area contributed by atoms with Gasteiger partial charge in [-0.1, -0.05) is 0 Å². The maximum absolute atomic E-state index is 12.7. The fraction of sp³-hybridized carbons (Fsp3) is 0.412. The van der Waals surface area contributed by atoms with Crippen molar-refractivity contribution in [2.45, 2.75) is 39.2 Å². The summed E-state index contributed by atoms with van der Waals surface area (Å²) in [6.07, 6.45) is -0.363. The highest BCUT2D eigenvalue weighted by atomic mass is 19.4. The third-order valence-corrected chi connectivity index (χ3v) is 3.68. The number of alkyl halides is 3. The van der Waals surface area contributed by atoms with Crippen LogP contribution in [0.1, 0.15) is 25.0 Å². The zero-order valence-corrected chi connectivity index (χ0v) is 15.5. The van der Waals surface area contributed by atoms with E-state index in [9.17, 15) is 22.8 Å². The summed E-state index contributed by atoms with van der Waals surface area (Å²) in [5.41, 5.74) is 0.199. The first-order valence-corrected chi connectivity index (χ1v) is 8.22. The zero-order chi connectivity index (χ0) is 20.9. The molecule has 1 aliphatic heterocycles. The highest BCUT2D eigenvalue weighted by Gasteiger charge is 2.39. The predicted octanol–water partition coefficient (Wildman–Crippen LogP) is 1.32. The van der Waals surface area contributed by atoms with Gasteiger partial charge in [0.05, 0.1) is 6.21 Å². The Morgan fingerprint density at radius 3 is 2.61 bits per heavy atom. The summed E-state index contributed by atoms with van der Waals surface area (Å²) in [5, 5.41) is 8.06. The normalized spacial score (nSPS) is 18.7. The number of amides is 2. The third kappa shape index (κ3) is 5.69. The van der Waals surface area contributed by atoms with Crippen LogP contribution in [-0.4, -0.2) is 41.5 Å². The molecule has 0 radical (unpaired) electrons. The molecule has 1 atom stereocenters. The van der Waals surface area contributed by atoms with E-state index in [4.69, 9.17) is 0 Å². The number of carbonyl (C=O) groups excluding carboxylic acids is 2. The molecular weight excluding hydrogens is 379 g/mol. The summed E-state index contributed by atoms with van der Waals surface area (Å²) in [4.78, 5) is 32.0. The molecule has 0 fully saturated rings. The number of halogens is 3. The molecule has 0 bridgehead atoms. The number of hydrogen-bond donors (Lipinski definition) is 3. The van der Waals surface area contributed by atoms with Crippen molar-refractivity contribution in [1.29, 1.82) is 0 Å². The van der Waals surface area contributed by atoms with E-state index in [1.54, 1.807) is 13.8 Å². The van der Waals surface area contributed by atoms with Crippen molar-refractivity contribution in [1.82, 2.24) is 20.9 Å². The van der Waals surface area contributed by atoms with Gasteiger partial charge in [-0.05, 0) is 25.0 Å². The molecule has 0 saturated heterocycles. The van der Waals surface area contributed by atoms with E-state index in [0.717, 1.165) is 0 Å². The van der Waals surface area contributed by atoms with Gasteiger partial charge in [0.15, 0.2) is 6.61 Å². The monoisotopic (exact) mass is 399 g/mol. The molecule has 3 N–H and O–H groups in total. The van der Waals surface area contributed by atoms with Gasteiger partial charge in [-0.15, -0.1) is 0 Å². The van der Waals surface area contributed by atoms with Crippen molar-refractivity contribution in [3.63, 3.8) is 0 Å². The standard InChI is InChI=1S/C17H20F3N5O3/c1-10-4-14(28-9-17(18,19)20)22-6-13(10)7-23-15(27)16(25-12(3)26)8-21-5-11(2)24-16/h4-6,8,24H,7,9H2,1-3H3,(H,23,27)(H,25,26). The molecule has 1 aliphatic rings. The summed E-state index contributed by atoms with van der Waals surface area (Å²) in [6.45, 7) is 3.21. The maximum Gasteiger partial charge on any atom is 0.422 e. The van der Waals surface area contributed by atoms with Gasteiger partial charge in [0, 0.05) is 37.6 Å². The Kier molecular flexibility index (Phi) is 6.26. The first-order chi connectivity index (χ1) is 13.0. The Morgan fingerprint density at radius 1 is 1.32 bits per heavy atom. The predicted molar refractivity (Wildman–Crippen MR) is 94.3 cm³/mol. The van der Waals surface area contributed by atoms with Crippen LogP contribution < -0.4 is 20.7 Å². The first kappa shape index (κ1) is 21.2. The van der Waals surface area contributed by atoms with Gasteiger partial charge in [-0.2, -0.15) is 13.2 Å². The SMILES string of the molecule is CC(=O)NC1(C(=O)NCc2cnc(OCC(F)(F)F)cc2C)C=NC=C(C)N1. The molecular formula is C17H20F3N5O3. The molecule has 0 aromatic carbocycles. The number of rotatable bonds is 6. The fourth-order valence-electron chi connectivity index (χ4n) is 2.44. The van der Waals surface area contributed by atoms with Crippen LogP contribution in [0, 0.1) is 6.92 Å². The van der Waals surface area contributed by atoms with Crippen molar-refractivity contribution < 1.29 is 27.5 Å². The summed E-state index contributed by atoms with van der Waals surface area (Å²) < 4.78 is 41.2.